The van der Waals surface area contributed by atoms with E-state index in [9.17, 15) is 14.9 Å². The second-order valence-corrected chi connectivity index (χ2v) is 6.20. The maximum absolute atomic E-state index is 11.8. The van der Waals surface area contributed by atoms with E-state index in [0.717, 1.165) is 16.7 Å². The third-order valence-electron chi connectivity index (χ3n) is 4.07. The summed E-state index contributed by atoms with van der Waals surface area (Å²) in [4.78, 5) is 22.0. The number of nitro benzene ring substituents is 1. The number of carbonyl (C=O) groups excluding carboxylic acids is 1. The average Bonchev–Trinajstić information content (AvgIpc) is 2.79. The minimum absolute atomic E-state index is 0.0304. The molecule has 0 heterocycles. The number of hydrazone groups is 1. The summed E-state index contributed by atoms with van der Waals surface area (Å²) < 4.78 is 5.46. The Hall–Kier alpha value is -4.26. The van der Waals surface area contributed by atoms with Crippen molar-refractivity contribution in [2.75, 3.05) is 6.61 Å². The van der Waals surface area contributed by atoms with Gasteiger partial charge in [-0.3, -0.25) is 14.9 Å². The highest BCUT2D eigenvalue weighted by molar-refractivity contribution is 5.82. The second-order valence-electron chi connectivity index (χ2n) is 6.20. The molecule has 0 atom stereocenters. The summed E-state index contributed by atoms with van der Waals surface area (Å²) in [7, 11) is 0. The van der Waals surface area contributed by atoms with E-state index in [2.05, 4.69) is 10.5 Å². The number of non-ortho nitro benzene ring substituents is 1. The number of hydrogen-bond donors (Lipinski definition) is 1. The summed E-state index contributed by atoms with van der Waals surface area (Å²) in [5, 5.41) is 14.4. The minimum Gasteiger partial charge on any atom is -0.484 e. The number of ether oxygens (including phenoxy) is 1. The van der Waals surface area contributed by atoms with Gasteiger partial charge in [-0.2, -0.15) is 5.10 Å². The van der Waals surface area contributed by atoms with Crippen LogP contribution >= 0.6 is 0 Å². The summed E-state index contributed by atoms with van der Waals surface area (Å²) in [5.74, 6) is 0.203. The molecule has 1 N–H and O–H groups in total. The molecular weight excluding hydrogens is 382 g/mol. The Morgan fingerprint density at radius 2 is 1.63 bits per heavy atom. The van der Waals surface area contributed by atoms with Crippen molar-refractivity contribution in [3.63, 3.8) is 0 Å². The van der Waals surface area contributed by atoms with Gasteiger partial charge in [0.15, 0.2) is 6.61 Å². The van der Waals surface area contributed by atoms with Gasteiger partial charge in [-0.25, -0.2) is 5.43 Å². The molecule has 0 aliphatic heterocycles. The SMILES string of the molecule is O=C(COc1ccc(-c2ccccc2)cc1)N/N=C/C=C/c1ccc([N+](=O)[O-])cc1. The predicted octanol–water partition coefficient (Wildman–Crippen LogP) is 4.46. The molecule has 0 unspecified atom stereocenters. The molecule has 0 aliphatic carbocycles. The van der Waals surface area contributed by atoms with Gasteiger partial charge in [0.05, 0.1) is 4.92 Å². The molecule has 0 spiro atoms. The first kappa shape index (κ1) is 20.5. The number of nitrogens with one attached hydrogen (secondary N) is 1. The lowest BCUT2D eigenvalue weighted by atomic mass is 10.1. The Balaban J connectivity index is 1.41. The number of nitro groups is 1. The molecule has 30 heavy (non-hydrogen) atoms. The maximum Gasteiger partial charge on any atom is 0.277 e. The van der Waals surface area contributed by atoms with Crippen molar-refractivity contribution < 1.29 is 14.5 Å². The molecule has 0 radical (unpaired) electrons. The van der Waals surface area contributed by atoms with Crippen LogP contribution in [0, 0.1) is 10.1 Å². The Labute approximate surface area is 173 Å². The first-order valence-corrected chi connectivity index (χ1v) is 9.13. The normalized spacial score (nSPS) is 10.9. The highest BCUT2D eigenvalue weighted by Crippen LogP contribution is 2.21. The standard InChI is InChI=1S/C23H19N3O4/c27-23(25-24-16-4-5-18-8-12-21(13-9-18)26(28)29)17-30-22-14-10-20(11-15-22)19-6-2-1-3-7-19/h1-16H,17H2,(H,25,27)/b5-4+,24-16+. The van der Waals surface area contributed by atoms with Crippen molar-refractivity contribution in [1.82, 2.24) is 5.43 Å². The molecule has 0 aromatic heterocycles. The molecule has 0 fully saturated rings. The molecular formula is C23H19N3O4. The van der Waals surface area contributed by atoms with E-state index in [0.29, 0.717) is 5.75 Å². The van der Waals surface area contributed by atoms with Crippen LogP contribution in [-0.2, 0) is 4.79 Å². The van der Waals surface area contributed by atoms with Crippen LogP contribution in [-0.4, -0.2) is 23.7 Å². The fraction of sp³-hybridized carbons (Fsp3) is 0.0435. The van der Waals surface area contributed by atoms with E-state index in [4.69, 9.17) is 4.74 Å². The summed E-state index contributed by atoms with van der Waals surface area (Å²) in [6.07, 6.45) is 4.74. The van der Waals surface area contributed by atoms with Crippen LogP contribution in [0.25, 0.3) is 17.2 Å². The quantitative estimate of drug-likeness (QED) is 0.343. The van der Waals surface area contributed by atoms with E-state index in [-0.39, 0.29) is 18.2 Å². The molecule has 3 aromatic rings. The number of rotatable bonds is 8. The van der Waals surface area contributed by atoms with E-state index < -0.39 is 4.92 Å². The molecule has 0 saturated carbocycles. The topological polar surface area (TPSA) is 93.8 Å². The highest BCUT2D eigenvalue weighted by Gasteiger charge is 2.03. The zero-order valence-electron chi connectivity index (χ0n) is 16.0. The number of carbonyl (C=O) groups is 1. The van der Waals surface area contributed by atoms with Crippen molar-refractivity contribution >= 4 is 23.9 Å². The van der Waals surface area contributed by atoms with E-state index in [1.54, 1.807) is 24.3 Å². The lowest BCUT2D eigenvalue weighted by molar-refractivity contribution is -0.384. The first-order valence-electron chi connectivity index (χ1n) is 9.13. The van der Waals surface area contributed by atoms with Crippen LogP contribution in [0.4, 0.5) is 5.69 Å². The molecule has 3 aromatic carbocycles. The van der Waals surface area contributed by atoms with Crippen LogP contribution in [0.1, 0.15) is 5.56 Å². The monoisotopic (exact) mass is 401 g/mol. The van der Waals surface area contributed by atoms with Gasteiger partial charge in [0.25, 0.3) is 11.6 Å². The van der Waals surface area contributed by atoms with Crippen molar-refractivity contribution in [2.45, 2.75) is 0 Å². The highest BCUT2D eigenvalue weighted by atomic mass is 16.6. The molecule has 150 valence electrons. The number of amides is 1. The van der Waals surface area contributed by atoms with Gasteiger partial charge in [0, 0.05) is 18.3 Å². The van der Waals surface area contributed by atoms with Crippen LogP contribution < -0.4 is 10.2 Å². The van der Waals surface area contributed by atoms with Gasteiger partial charge in [0.1, 0.15) is 5.75 Å². The average molecular weight is 401 g/mol. The minimum atomic E-state index is -0.454. The Morgan fingerprint density at radius 1 is 0.967 bits per heavy atom. The molecule has 3 rings (SSSR count). The third-order valence-corrected chi connectivity index (χ3v) is 4.07. The molecule has 1 amide bonds. The first-order chi connectivity index (χ1) is 14.6. The van der Waals surface area contributed by atoms with Gasteiger partial charge < -0.3 is 4.74 Å². The van der Waals surface area contributed by atoms with Gasteiger partial charge in [-0.1, -0.05) is 48.5 Å². The number of nitrogens with zero attached hydrogens (tertiary/aromatic N) is 2. The molecule has 7 heteroatoms. The summed E-state index contributed by atoms with van der Waals surface area (Å²) in [6, 6.07) is 23.5. The lowest BCUT2D eigenvalue weighted by Crippen LogP contribution is -2.24. The Morgan fingerprint density at radius 3 is 2.30 bits per heavy atom. The summed E-state index contributed by atoms with van der Waals surface area (Å²) in [5.41, 5.74) is 5.35. The Bertz CT molecular complexity index is 1040. The van der Waals surface area contributed by atoms with Gasteiger partial charge in [0.2, 0.25) is 0 Å². The number of hydrogen-bond acceptors (Lipinski definition) is 5. The van der Waals surface area contributed by atoms with Crippen molar-refractivity contribution in [1.29, 1.82) is 0 Å². The predicted molar refractivity (Wildman–Crippen MR) is 116 cm³/mol. The molecule has 0 bridgehead atoms. The second kappa shape index (κ2) is 10.3. The van der Waals surface area contributed by atoms with E-state index in [1.807, 2.05) is 54.6 Å². The van der Waals surface area contributed by atoms with Crippen LogP contribution in [0.3, 0.4) is 0 Å². The van der Waals surface area contributed by atoms with Gasteiger partial charge >= 0.3 is 0 Å². The van der Waals surface area contributed by atoms with Crippen LogP contribution in [0.5, 0.6) is 5.75 Å². The largest absolute Gasteiger partial charge is 0.484 e. The third kappa shape index (κ3) is 6.13. The van der Waals surface area contributed by atoms with E-state index >= 15 is 0 Å². The van der Waals surface area contributed by atoms with Gasteiger partial charge in [-0.15, -0.1) is 0 Å². The fourth-order valence-corrected chi connectivity index (χ4v) is 2.57. The zero-order valence-corrected chi connectivity index (χ0v) is 16.0. The van der Waals surface area contributed by atoms with Crippen molar-refractivity contribution in [3.8, 4) is 16.9 Å². The molecule has 0 saturated heterocycles. The zero-order chi connectivity index (χ0) is 21.2. The van der Waals surface area contributed by atoms with E-state index in [1.165, 1.54) is 18.3 Å². The maximum atomic E-state index is 11.8. The Kier molecular flexibility index (Phi) is 7.05. The van der Waals surface area contributed by atoms with Crippen molar-refractivity contribution in [2.24, 2.45) is 5.10 Å². The van der Waals surface area contributed by atoms with Gasteiger partial charge in [-0.05, 0) is 47.0 Å². The fourth-order valence-electron chi connectivity index (χ4n) is 2.57. The number of benzene rings is 3. The summed E-state index contributed by atoms with van der Waals surface area (Å²) >= 11 is 0. The van der Waals surface area contributed by atoms with Crippen LogP contribution in [0.15, 0.2) is 90.0 Å². The lowest BCUT2D eigenvalue weighted by Gasteiger charge is -2.06. The summed E-state index contributed by atoms with van der Waals surface area (Å²) in [6.45, 7) is -0.159. The molecule has 7 nitrogen and oxygen atoms in total. The van der Waals surface area contributed by atoms with Crippen molar-refractivity contribution in [3.05, 3.63) is 101 Å². The molecule has 0 aliphatic rings. The van der Waals surface area contributed by atoms with Crippen LogP contribution in [0.2, 0.25) is 0 Å². The number of allylic oxidation sites excluding steroid dienone is 1. The smallest absolute Gasteiger partial charge is 0.277 e.